The monoisotopic (exact) mass is 349 g/mol. The summed E-state index contributed by atoms with van der Waals surface area (Å²) in [6.45, 7) is 2.40. The van der Waals surface area contributed by atoms with Crippen LogP contribution in [0.3, 0.4) is 0 Å². The highest BCUT2D eigenvalue weighted by Crippen LogP contribution is 2.27. The quantitative estimate of drug-likeness (QED) is 0.577. The van der Waals surface area contributed by atoms with Crippen LogP contribution in [0.5, 0.6) is 0 Å². The van der Waals surface area contributed by atoms with Crippen molar-refractivity contribution in [2.24, 2.45) is 0 Å². The molecule has 2 aromatic heterocycles. The predicted molar refractivity (Wildman–Crippen MR) is 84.7 cm³/mol. The lowest BCUT2D eigenvalue weighted by Gasteiger charge is -2.38. The Labute approximate surface area is 142 Å². The Bertz CT molecular complexity index is 772. The fourth-order valence-corrected chi connectivity index (χ4v) is 3.15. The first-order valence-corrected chi connectivity index (χ1v) is 8.01. The predicted octanol–water partition coefficient (Wildman–Crippen LogP) is 0.139. The number of carbonyl (C=O) groups excluding carboxylic acids is 1. The smallest absolute Gasteiger partial charge is 0.322 e. The summed E-state index contributed by atoms with van der Waals surface area (Å²) < 4.78 is 1.50. The molecule has 11 heteroatoms. The number of aromatic amines is 1. The molecule has 3 rings (SSSR count). The summed E-state index contributed by atoms with van der Waals surface area (Å²) in [5, 5.41) is 36.0. The molecule has 1 saturated heterocycles. The van der Waals surface area contributed by atoms with E-state index in [-0.39, 0.29) is 24.5 Å². The number of likely N-dealkylation sites (tertiary alicyclic amines) is 1. The van der Waals surface area contributed by atoms with Crippen molar-refractivity contribution in [2.45, 2.75) is 38.3 Å². The maximum Gasteiger partial charge on any atom is 0.322 e. The summed E-state index contributed by atoms with van der Waals surface area (Å²) in [6.07, 6.45) is 4.58. The van der Waals surface area contributed by atoms with E-state index in [2.05, 4.69) is 20.5 Å². The van der Waals surface area contributed by atoms with Crippen LogP contribution in [0.2, 0.25) is 0 Å². The van der Waals surface area contributed by atoms with Crippen molar-refractivity contribution in [3.8, 4) is 0 Å². The van der Waals surface area contributed by atoms with E-state index in [1.165, 1.54) is 15.8 Å². The normalized spacial score (nSPS) is 20.6. The molecule has 0 bridgehead atoms. The number of aliphatic hydroxyl groups is 1. The number of nitro groups is 1. The van der Waals surface area contributed by atoms with E-state index < -0.39 is 16.4 Å². The average Bonchev–Trinajstić information content (AvgIpc) is 3.22. The fraction of sp³-hybridized carbons (Fsp3) is 0.571. The molecule has 0 aromatic carbocycles. The third-order valence-electron chi connectivity index (χ3n) is 4.32. The number of rotatable bonds is 5. The van der Waals surface area contributed by atoms with E-state index in [1.807, 2.05) is 0 Å². The van der Waals surface area contributed by atoms with Crippen molar-refractivity contribution < 1.29 is 14.8 Å². The summed E-state index contributed by atoms with van der Waals surface area (Å²) >= 11 is 0. The molecule has 2 N–H and O–H groups in total. The van der Waals surface area contributed by atoms with Crippen molar-refractivity contribution in [3.63, 3.8) is 0 Å². The number of H-pyrrole nitrogens is 1. The number of aryl methyl sites for hydroxylation is 1. The number of nitrogens with zero attached hydrogens (tertiary/aromatic N) is 6. The molecular weight excluding hydrogens is 330 g/mol. The van der Waals surface area contributed by atoms with Gasteiger partial charge in [0, 0.05) is 12.7 Å². The lowest BCUT2D eigenvalue weighted by atomic mass is 9.92. The zero-order valence-electron chi connectivity index (χ0n) is 13.8. The molecule has 1 aliphatic rings. The second kappa shape index (κ2) is 6.59. The van der Waals surface area contributed by atoms with Crippen LogP contribution in [0.15, 0.2) is 12.4 Å². The van der Waals surface area contributed by atoms with Gasteiger partial charge in [0.2, 0.25) is 5.69 Å². The Morgan fingerprint density at radius 2 is 2.36 bits per heavy atom. The van der Waals surface area contributed by atoms with Crippen molar-refractivity contribution >= 4 is 11.6 Å². The zero-order valence-corrected chi connectivity index (χ0v) is 13.8. The summed E-state index contributed by atoms with van der Waals surface area (Å²) in [4.78, 5) is 24.8. The molecule has 1 unspecified atom stereocenters. The molecule has 3 heterocycles. The Morgan fingerprint density at radius 1 is 1.56 bits per heavy atom. The molecule has 0 saturated carbocycles. The largest absolute Gasteiger partial charge is 0.386 e. The third kappa shape index (κ3) is 3.36. The molecule has 0 spiro atoms. The lowest BCUT2D eigenvalue weighted by Crippen LogP contribution is -2.52. The van der Waals surface area contributed by atoms with E-state index in [9.17, 15) is 20.0 Å². The van der Waals surface area contributed by atoms with Gasteiger partial charge in [0.1, 0.15) is 11.3 Å². The molecule has 1 amide bonds. The van der Waals surface area contributed by atoms with Crippen LogP contribution in [0.25, 0.3) is 0 Å². The molecule has 1 atom stereocenters. The first kappa shape index (κ1) is 17.0. The molecule has 1 fully saturated rings. The van der Waals surface area contributed by atoms with Gasteiger partial charge in [0.05, 0.1) is 24.2 Å². The average molecular weight is 349 g/mol. The van der Waals surface area contributed by atoms with Gasteiger partial charge in [-0.25, -0.2) is 4.68 Å². The number of carbonyl (C=O) groups is 1. The zero-order chi connectivity index (χ0) is 18.0. The maximum absolute atomic E-state index is 12.7. The van der Waals surface area contributed by atoms with Gasteiger partial charge in [0.15, 0.2) is 0 Å². The van der Waals surface area contributed by atoms with E-state index in [4.69, 9.17) is 0 Å². The molecule has 134 valence electrons. The summed E-state index contributed by atoms with van der Waals surface area (Å²) in [5.41, 5.74) is -1.37. The molecule has 2 aromatic rings. The third-order valence-corrected chi connectivity index (χ3v) is 4.32. The maximum atomic E-state index is 12.7. The minimum absolute atomic E-state index is 0.0527. The fourth-order valence-electron chi connectivity index (χ4n) is 3.15. The van der Waals surface area contributed by atoms with Crippen LogP contribution in [0, 0.1) is 10.1 Å². The van der Waals surface area contributed by atoms with E-state index >= 15 is 0 Å². The number of hydrogen-bond donors (Lipinski definition) is 2. The number of aromatic nitrogens is 5. The number of piperidine rings is 1. The van der Waals surface area contributed by atoms with Crippen LogP contribution >= 0.6 is 0 Å². The summed E-state index contributed by atoms with van der Waals surface area (Å²) in [6, 6.07) is 0. The van der Waals surface area contributed by atoms with Crippen LogP contribution in [0.4, 0.5) is 5.69 Å². The Morgan fingerprint density at radius 3 is 3.00 bits per heavy atom. The molecule has 1 aliphatic heterocycles. The Hall–Kier alpha value is -2.82. The Kier molecular flexibility index (Phi) is 4.49. The van der Waals surface area contributed by atoms with Crippen molar-refractivity contribution in [3.05, 3.63) is 33.9 Å². The standard InChI is InChI=1S/C14H19N7O4/c1-2-10-12(21(24)25)11(17-16-10)13(22)19-6-3-4-14(23,8-19)9-20-7-5-15-18-20/h5,7,23H,2-4,6,8-9H2,1H3,(H,16,17). The van der Waals surface area contributed by atoms with E-state index in [1.54, 1.807) is 13.1 Å². The van der Waals surface area contributed by atoms with Crippen molar-refractivity contribution in [1.29, 1.82) is 0 Å². The van der Waals surface area contributed by atoms with Crippen LogP contribution < -0.4 is 0 Å². The van der Waals surface area contributed by atoms with Gasteiger partial charge in [0.25, 0.3) is 5.91 Å². The number of nitrogens with one attached hydrogen (secondary N) is 1. The van der Waals surface area contributed by atoms with Gasteiger partial charge >= 0.3 is 5.69 Å². The molecular formula is C14H19N7O4. The minimum atomic E-state index is -1.17. The summed E-state index contributed by atoms with van der Waals surface area (Å²) in [7, 11) is 0. The minimum Gasteiger partial charge on any atom is -0.386 e. The second-order valence-corrected chi connectivity index (χ2v) is 6.17. The highest BCUT2D eigenvalue weighted by Gasteiger charge is 2.39. The van der Waals surface area contributed by atoms with Crippen LogP contribution in [-0.2, 0) is 13.0 Å². The van der Waals surface area contributed by atoms with Gasteiger partial charge in [-0.3, -0.25) is 20.0 Å². The van der Waals surface area contributed by atoms with Crippen LogP contribution in [-0.4, -0.2) is 64.7 Å². The molecule has 11 nitrogen and oxygen atoms in total. The topological polar surface area (TPSA) is 143 Å². The van der Waals surface area contributed by atoms with Crippen molar-refractivity contribution in [1.82, 2.24) is 30.1 Å². The number of β-amino-alcohol motifs (C(OH)–C–C–N with tert-alkyl or cyclic N) is 1. The molecule has 0 aliphatic carbocycles. The van der Waals surface area contributed by atoms with Gasteiger partial charge in [-0.1, -0.05) is 12.1 Å². The molecule has 25 heavy (non-hydrogen) atoms. The number of hydrogen-bond acceptors (Lipinski definition) is 7. The van der Waals surface area contributed by atoms with Gasteiger partial charge in [-0.05, 0) is 19.3 Å². The van der Waals surface area contributed by atoms with Gasteiger partial charge in [-0.2, -0.15) is 5.10 Å². The number of amides is 1. The van der Waals surface area contributed by atoms with Crippen molar-refractivity contribution in [2.75, 3.05) is 13.1 Å². The lowest BCUT2D eigenvalue weighted by molar-refractivity contribution is -0.385. The van der Waals surface area contributed by atoms with Gasteiger partial charge < -0.3 is 10.0 Å². The summed E-state index contributed by atoms with van der Waals surface area (Å²) in [5.74, 6) is -0.556. The van der Waals surface area contributed by atoms with E-state index in [0.717, 1.165) is 0 Å². The molecule has 0 radical (unpaired) electrons. The SMILES string of the molecule is CCc1[nH]nc(C(=O)N2CCCC(O)(Cn3ccnn3)C2)c1[N+](=O)[O-]. The highest BCUT2D eigenvalue weighted by atomic mass is 16.6. The Balaban J connectivity index is 1.81. The first-order chi connectivity index (χ1) is 11.9. The second-order valence-electron chi connectivity index (χ2n) is 6.17. The van der Waals surface area contributed by atoms with E-state index in [0.29, 0.717) is 31.5 Å². The highest BCUT2D eigenvalue weighted by molar-refractivity contribution is 5.96. The first-order valence-electron chi connectivity index (χ1n) is 8.01. The van der Waals surface area contributed by atoms with Gasteiger partial charge in [-0.15, -0.1) is 5.10 Å². The van der Waals surface area contributed by atoms with Crippen LogP contribution in [0.1, 0.15) is 35.9 Å².